The average molecular weight is 459 g/mol. The van der Waals surface area contributed by atoms with Gasteiger partial charge >= 0.3 is 0 Å². The lowest BCUT2D eigenvalue weighted by atomic mass is 9.57. The molecule has 0 saturated carbocycles. The second-order valence-corrected chi connectivity index (χ2v) is 8.78. The number of carbonyl (C=O) groups is 3. The maximum Gasteiger partial charge on any atom is 0.255 e. The van der Waals surface area contributed by atoms with Crippen molar-refractivity contribution < 1.29 is 39.5 Å². The number of carbonyl (C=O) groups excluding carboxylic acids is 3. The molecule has 8 N–H and O–H groups in total. The Balaban J connectivity index is 2.06. The van der Waals surface area contributed by atoms with Crippen molar-refractivity contribution in [1.82, 2.24) is 4.90 Å². The molecule has 0 aromatic heterocycles. The van der Waals surface area contributed by atoms with Gasteiger partial charge in [0, 0.05) is 24.3 Å². The largest absolute Gasteiger partial charge is 0.510 e. The van der Waals surface area contributed by atoms with E-state index in [-0.39, 0.29) is 29.0 Å². The van der Waals surface area contributed by atoms with E-state index in [1.54, 1.807) is 0 Å². The Bertz CT molecular complexity index is 1170. The number of Topliss-reactive ketones (excluding diaryl/α,β-unsaturated/α-hetero) is 2. The number of amides is 1. The first kappa shape index (κ1) is 22.8. The molecule has 0 unspecified atom stereocenters. The van der Waals surface area contributed by atoms with Crippen molar-refractivity contribution in [2.45, 2.75) is 24.2 Å². The van der Waals surface area contributed by atoms with E-state index < -0.39 is 64.1 Å². The zero-order valence-corrected chi connectivity index (χ0v) is 18.2. The van der Waals surface area contributed by atoms with E-state index in [0.717, 1.165) is 0 Å². The molecule has 33 heavy (non-hydrogen) atoms. The fourth-order valence-corrected chi connectivity index (χ4v) is 5.57. The van der Waals surface area contributed by atoms with Crippen LogP contribution in [0.25, 0.3) is 0 Å². The summed E-state index contributed by atoms with van der Waals surface area (Å²) in [6.45, 7) is 0. The lowest BCUT2D eigenvalue weighted by Gasteiger charge is -2.53. The number of nitrogens with two attached hydrogens (primary N) is 2. The third kappa shape index (κ3) is 2.76. The number of ketones is 2. The lowest BCUT2D eigenvalue weighted by Crippen LogP contribution is -2.68. The highest BCUT2D eigenvalue weighted by atomic mass is 16.5. The summed E-state index contributed by atoms with van der Waals surface area (Å²) in [4.78, 5) is 40.2. The Morgan fingerprint density at radius 3 is 2.39 bits per heavy atom. The maximum absolute atomic E-state index is 13.4. The highest BCUT2D eigenvalue weighted by molar-refractivity contribution is 6.25. The number of phenolic OH excluding ortho intramolecular Hbond substituents is 1. The van der Waals surface area contributed by atoms with Gasteiger partial charge in [0.1, 0.15) is 22.8 Å². The first-order valence-electron chi connectivity index (χ1n) is 10.2. The quantitative estimate of drug-likeness (QED) is 0.191. The number of nitrogen functional groups attached to an aromatic ring is 1. The van der Waals surface area contributed by atoms with Gasteiger partial charge in [0.15, 0.2) is 11.4 Å². The van der Waals surface area contributed by atoms with Crippen molar-refractivity contribution >= 4 is 23.2 Å². The molecule has 0 fully saturated rings. The molecule has 11 nitrogen and oxygen atoms in total. The molecule has 3 aliphatic carbocycles. The van der Waals surface area contributed by atoms with Gasteiger partial charge in [-0.2, -0.15) is 0 Å². The van der Waals surface area contributed by atoms with Crippen LogP contribution in [-0.2, 0) is 20.7 Å². The molecule has 0 radical (unpaired) electrons. The smallest absolute Gasteiger partial charge is 0.255 e. The van der Waals surface area contributed by atoms with Gasteiger partial charge in [0.05, 0.1) is 23.6 Å². The summed E-state index contributed by atoms with van der Waals surface area (Å²) in [6, 6.07) is 1.51. The zero-order chi connectivity index (χ0) is 24.6. The molecule has 0 aliphatic heterocycles. The molecule has 0 bridgehead atoms. The van der Waals surface area contributed by atoms with E-state index >= 15 is 0 Å². The Kier molecular flexibility index (Phi) is 5.04. The molecule has 11 heteroatoms. The summed E-state index contributed by atoms with van der Waals surface area (Å²) in [5, 5.41) is 44.0. The van der Waals surface area contributed by atoms with Crippen molar-refractivity contribution in [1.29, 1.82) is 0 Å². The molecular formula is C22H25N3O8. The summed E-state index contributed by atoms with van der Waals surface area (Å²) >= 11 is 0. The molecular weight excluding hydrogens is 434 g/mol. The van der Waals surface area contributed by atoms with Gasteiger partial charge in [-0.1, -0.05) is 0 Å². The van der Waals surface area contributed by atoms with Crippen LogP contribution in [0, 0.1) is 11.8 Å². The van der Waals surface area contributed by atoms with Crippen LogP contribution in [0.1, 0.15) is 15.9 Å². The topological polar surface area (TPSA) is 197 Å². The zero-order valence-electron chi connectivity index (χ0n) is 18.2. The van der Waals surface area contributed by atoms with Crippen LogP contribution >= 0.6 is 0 Å². The monoisotopic (exact) mass is 459 g/mol. The van der Waals surface area contributed by atoms with E-state index in [1.165, 1.54) is 38.2 Å². The van der Waals surface area contributed by atoms with Crippen molar-refractivity contribution in [2.24, 2.45) is 17.6 Å². The number of likely N-dealkylation sites (N-methyl/N-ethyl adjacent to an activating group) is 1. The van der Waals surface area contributed by atoms with Gasteiger partial charge < -0.3 is 36.6 Å². The minimum absolute atomic E-state index is 0.0489. The second-order valence-electron chi connectivity index (χ2n) is 8.78. The van der Waals surface area contributed by atoms with Crippen LogP contribution in [-0.4, -0.2) is 81.8 Å². The van der Waals surface area contributed by atoms with Gasteiger partial charge in [-0.15, -0.1) is 0 Å². The van der Waals surface area contributed by atoms with Gasteiger partial charge in [-0.3, -0.25) is 19.3 Å². The van der Waals surface area contributed by atoms with E-state index in [9.17, 15) is 34.8 Å². The van der Waals surface area contributed by atoms with Crippen molar-refractivity contribution in [2.75, 3.05) is 26.9 Å². The number of aliphatic hydroxyl groups excluding tert-OH is 2. The number of methoxy groups -OCH3 is 1. The minimum Gasteiger partial charge on any atom is -0.510 e. The fourth-order valence-electron chi connectivity index (χ4n) is 5.57. The standard InChI is InChI=1S/C22H25N3O8/c1-25(2)15-14-18(33-3)8-6-7-9(23)4-5-10(26)11(7)16(27)12(8)19(29)22(14,32)20(30)13(17(15)28)21(24)31/h4-5,8,14-15,18,26,28-29,32H,6,23H2,1-3H3,(H2,24,31)/t8-,14-,15+,18+,22+/m1/s1. The molecule has 0 heterocycles. The lowest BCUT2D eigenvalue weighted by molar-refractivity contribution is -0.164. The third-order valence-electron chi connectivity index (χ3n) is 6.97. The summed E-state index contributed by atoms with van der Waals surface area (Å²) in [5.41, 5.74) is 7.81. The van der Waals surface area contributed by atoms with Gasteiger partial charge in [-0.05, 0) is 38.2 Å². The van der Waals surface area contributed by atoms with Gasteiger partial charge in [0.2, 0.25) is 5.78 Å². The fraction of sp³-hybridized carbons (Fsp3) is 0.409. The van der Waals surface area contributed by atoms with Gasteiger partial charge in [-0.25, -0.2) is 0 Å². The summed E-state index contributed by atoms with van der Waals surface area (Å²) in [7, 11) is 4.38. The number of hydrogen-bond acceptors (Lipinski definition) is 10. The number of aromatic hydroxyl groups is 1. The highest BCUT2D eigenvalue weighted by Gasteiger charge is 2.67. The van der Waals surface area contributed by atoms with Crippen LogP contribution < -0.4 is 11.5 Å². The molecule has 1 aromatic carbocycles. The van der Waals surface area contributed by atoms with Crippen LogP contribution in [0.15, 0.2) is 34.8 Å². The Morgan fingerprint density at radius 2 is 1.85 bits per heavy atom. The number of rotatable bonds is 3. The molecule has 0 saturated heterocycles. The Hall–Kier alpha value is -3.41. The summed E-state index contributed by atoms with van der Waals surface area (Å²) in [5.74, 6) is -7.64. The number of anilines is 1. The van der Waals surface area contributed by atoms with Crippen molar-refractivity contribution in [3.63, 3.8) is 0 Å². The Morgan fingerprint density at radius 1 is 1.21 bits per heavy atom. The molecule has 4 rings (SSSR count). The predicted molar refractivity (Wildman–Crippen MR) is 114 cm³/mol. The minimum atomic E-state index is -2.79. The van der Waals surface area contributed by atoms with Crippen LogP contribution in [0.5, 0.6) is 5.75 Å². The van der Waals surface area contributed by atoms with E-state index in [2.05, 4.69) is 0 Å². The Labute approximate surface area is 188 Å². The number of benzene rings is 1. The van der Waals surface area contributed by atoms with E-state index in [0.29, 0.717) is 5.56 Å². The molecule has 5 atom stereocenters. The molecule has 3 aliphatic rings. The molecule has 0 spiro atoms. The first-order valence-corrected chi connectivity index (χ1v) is 10.2. The van der Waals surface area contributed by atoms with Gasteiger partial charge in [0.25, 0.3) is 5.91 Å². The number of fused-ring (bicyclic) bond motifs is 3. The van der Waals surface area contributed by atoms with E-state index in [4.69, 9.17) is 16.2 Å². The molecule has 1 amide bonds. The molecule has 1 aromatic rings. The predicted octanol–water partition coefficient (Wildman–Crippen LogP) is -0.672. The number of primary amides is 1. The number of aliphatic hydroxyl groups is 3. The maximum atomic E-state index is 13.4. The number of nitrogens with zero attached hydrogens (tertiary/aromatic N) is 1. The third-order valence-corrected chi connectivity index (χ3v) is 6.97. The van der Waals surface area contributed by atoms with Crippen LogP contribution in [0.3, 0.4) is 0 Å². The normalized spacial score (nSPS) is 31.4. The summed E-state index contributed by atoms with van der Waals surface area (Å²) < 4.78 is 5.66. The van der Waals surface area contributed by atoms with Crippen molar-refractivity contribution in [3.05, 3.63) is 45.9 Å². The molecule has 176 valence electrons. The first-order chi connectivity index (χ1) is 15.4. The number of hydrogen-bond donors (Lipinski definition) is 6. The van der Waals surface area contributed by atoms with Crippen LogP contribution in [0.4, 0.5) is 5.69 Å². The summed E-state index contributed by atoms with van der Waals surface area (Å²) in [6.07, 6.45) is -1.03. The highest BCUT2D eigenvalue weighted by Crippen LogP contribution is 2.53. The van der Waals surface area contributed by atoms with E-state index in [1.807, 2.05) is 0 Å². The second kappa shape index (κ2) is 7.30. The van der Waals surface area contributed by atoms with Crippen molar-refractivity contribution in [3.8, 4) is 5.75 Å². The van der Waals surface area contributed by atoms with Crippen LogP contribution in [0.2, 0.25) is 0 Å². The number of ether oxygens (including phenoxy) is 1. The SMILES string of the molecule is CO[C@@H]1[C@H]2[C@H](N(C)C)C(O)=C(C(N)=O)C(=O)[C@@]2(O)C(O)=C2C(=O)c3c(O)ccc(N)c3C[C@H]21. The average Bonchev–Trinajstić information content (AvgIpc) is 2.73. The number of phenols is 1.